The van der Waals surface area contributed by atoms with Crippen LogP contribution in [-0.2, 0) is 9.53 Å². The lowest BCUT2D eigenvalue weighted by atomic mass is 10.1. The van der Waals surface area contributed by atoms with Gasteiger partial charge in [0, 0.05) is 4.43 Å². The van der Waals surface area contributed by atoms with Crippen molar-refractivity contribution >= 4 is 45.8 Å². The first-order chi connectivity index (χ1) is 9.54. The molecule has 0 aliphatic rings. The van der Waals surface area contributed by atoms with Crippen LogP contribution in [0.1, 0.15) is 12.5 Å². The molecule has 1 amide bonds. The maximum Gasteiger partial charge on any atom is 0.243 e. The van der Waals surface area contributed by atoms with Crippen molar-refractivity contribution in [2.75, 3.05) is 29.0 Å². The molecule has 20 heavy (non-hydrogen) atoms. The van der Waals surface area contributed by atoms with Gasteiger partial charge < -0.3 is 9.47 Å². The molecule has 1 atom stereocenters. The van der Waals surface area contributed by atoms with E-state index in [1.165, 1.54) is 4.90 Å². The molecule has 1 rings (SSSR count). The molecule has 0 aliphatic carbocycles. The first-order valence-corrected chi connectivity index (χ1v) is 8.28. The zero-order chi connectivity index (χ0) is 15.1. The van der Waals surface area contributed by atoms with Crippen LogP contribution in [0.4, 0.5) is 5.69 Å². The smallest absolute Gasteiger partial charge is 0.243 e. The third-order valence-electron chi connectivity index (χ3n) is 2.81. The van der Waals surface area contributed by atoms with Crippen molar-refractivity contribution in [3.8, 4) is 5.75 Å². The molecule has 0 aromatic heterocycles. The Morgan fingerprint density at radius 2 is 2.20 bits per heavy atom. The maximum absolute atomic E-state index is 12.1. The molecule has 4 nitrogen and oxygen atoms in total. The largest absolute Gasteiger partial charge is 0.495 e. The highest BCUT2D eigenvalue weighted by molar-refractivity contribution is 14.1. The Hall–Kier alpha value is -0.530. The number of ether oxygens (including phenoxy) is 2. The number of benzene rings is 1. The van der Waals surface area contributed by atoms with Crippen molar-refractivity contribution in [3.05, 3.63) is 23.8 Å². The average Bonchev–Trinajstić information content (AvgIpc) is 2.47. The van der Waals surface area contributed by atoms with E-state index in [2.05, 4.69) is 22.6 Å². The third kappa shape index (κ3) is 4.49. The molecule has 112 valence electrons. The van der Waals surface area contributed by atoms with Gasteiger partial charge in [-0.1, -0.05) is 34.7 Å². The van der Waals surface area contributed by atoms with Gasteiger partial charge in [0.1, 0.15) is 18.4 Å². The Balaban J connectivity index is 3.07. The highest BCUT2D eigenvalue weighted by Crippen LogP contribution is 2.32. The molecule has 0 saturated heterocycles. The Morgan fingerprint density at radius 1 is 1.50 bits per heavy atom. The van der Waals surface area contributed by atoms with Crippen LogP contribution < -0.4 is 9.64 Å². The lowest BCUT2D eigenvalue weighted by molar-refractivity contribution is -0.117. The number of anilines is 1. The van der Waals surface area contributed by atoms with E-state index in [0.717, 1.165) is 9.99 Å². The van der Waals surface area contributed by atoms with Crippen LogP contribution in [0.5, 0.6) is 5.75 Å². The Kier molecular flexibility index (Phi) is 7.61. The number of methoxy groups -OCH3 is 1. The van der Waals surface area contributed by atoms with Crippen LogP contribution >= 0.6 is 34.2 Å². The van der Waals surface area contributed by atoms with E-state index in [4.69, 9.17) is 21.1 Å². The number of carbonyl (C=O) groups is 1. The van der Waals surface area contributed by atoms with E-state index in [-0.39, 0.29) is 24.6 Å². The van der Waals surface area contributed by atoms with Crippen LogP contribution in [0.3, 0.4) is 0 Å². The molecule has 0 spiro atoms. The fourth-order valence-electron chi connectivity index (χ4n) is 1.72. The molecule has 0 aliphatic heterocycles. The normalized spacial score (nSPS) is 12.1. The minimum Gasteiger partial charge on any atom is -0.495 e. The number of nitrogens with zero attached hydrogens (tertiary/aromatic N) is 1. The molecule has 1 unspecified atom stereocenters. The second-order valence-electron chi connectivity index (χ2n) is 4.34. The molecule has 1 aromatic rings. The van der Waals surface area contributed by atoms with Gasteiger partial charge in [-0.05, 0) is 25.5 Å². The summed E-state index contributed by atoms with van der Waals surface area (Å²) >= 11 is 7.95. The minimum atomic E-state index is -0.208. The van der Waals surface area contributed by atoms with E-state index in [1.807, 2.05) is 32.0 Å². The van der Waals surface area contributed by atoms with Crippen LogP contribution in [0.2, 0.25) is 0 Å². The summed E-state index contributed by atoms with van der Waals surface area (Å²) in [6.07, 6.45) is 0.0660. The molecular formula is C14H19ClINO3. The van der Waals surface area contributed by atoms with E-state index in [9.17, 15) is 4.79 Å². The highest BCUT2D eigenvalue weighted by atomic mass is 127. The molecular weight excluding hydrogens is 393 g/mol. The van der Waals surface area contributed by atoms with Crippen molar-refractivity contribution in [2.45, 2.75) is 20.0 Å². The number of aryl methyl sites for hydroxylation is 1. The first-order valence-electron chi connectivity index (χ1n) is 6.22. The predicted octanol–water partition coefficient (Wildman–Crippen LogP) is 3.37. The Morgan fingerprint density at radius 3 is 2.75 bits per heavy atom. The van der Waals surface area contributed by atoms with Gasteiger partial charge in [-0.2, -0.15) is 0 Å². The SMILES string of the molecule is COc1cccc(C)c1N(COC(C)CI)C(=O)CCl. The van der Waals surface area contributed by atoms with Crippen molar-refractivity contribution in [2.24, 2.45) is 0 Å². The summed E-state index contributed by atoms with van der Waals surface area (Å²) in [4.78, 5) is 13.6. The summed E-state index contributed by atoms with van der Waals surface area (Å²) in [5.41, 5.74) is 1.65. The van der Waals surface area contributed by atoms with Gasteiger partial charge >= 0.3 is 0 Å². The minimum absolute atomic E-state index is 0.0660. The number of hydrogen-bond donors (Lipinski definition) is 0. The third-order valence-corrected chi connectivity index (χ3v) is 4.28. The maximum atomic E-state index is 12.1. The fourth-order valence-corrected chi connectivity index (χ4v) is 2.12. The monoisotopic (exact) mass is 411 g/mol. The van der Waals surface area contributed by atoms with E-state index >= 15 is 0 Å². The summed E-state index contributed by atoms with van der Waals surface area (Å²) in [7, 11) is 1.58. The number of carbonyl (C=O) groups excluding carboxylic acids is 1. The lowest BCUT2D eigenvalue weighted by Gasteiger charge is -2.26. The molecule has 0 bridgehead atoms. The fraction of sp³-hybridized carbons (Fsp3) is 0.500. The summed E-state index contributed by atoms with van der Waals surface area (Å²) in [5, 5.41) is 0. The Labute approximate surface area is 138 Å². The van der Waals surface area contributed by atoms with E-state index in [1.54, 1.807) is 7.11 Å². The van der Waals surface area contributed by atoms with Gasteiger partial charge in [0.2, 0.25) is 5.91 Å². The standard InChI is InChI=1S/C14H19ClINO3/c1-10-5-4-6-12(19-3)14(10)17(13(18)7-15)9-20-11(2)8-16/h4-6,11H,7-9H2,1-3H3. The molecule has 0 N–H and O–H groups in total. The molecule has 0 saturated carbocycles. The molecule has 0 radical (unpaired) electrons. The summed E-state index contributed by atoms with van der Waals surface area (Å²) in [5.74, 6) is 0.327. The van der Waals surface area contributed by atoms with Crippen molar-refractivity contribution in [1.82, 2.24) is 0 Å². The lowest BCUT2D eigenvalue weighted by Crippen LogP contribution is -2.36. The zero-order valence-electron chi connectivity index (χ0n) is 11.9. The average molecular weight is 412 g/mol. The summed E-state index contributed by atoms with van der Waals surface area (Å²) in [6, 6.07) is 5.63. The Bertz CT molecular complexity index is 456. The van der Waals surface area contributed by atoms with Gasteiger partial charge in [0.15, 0.2) is 0 Å². The number of hydrogen-bond acceptors (Lipinski definition) is 3. The highest BCUT2D eigenvalue weighted by Gasteiger charge is 2.21. The number of rotatable bonds is 7. The molecule has 0 heterocycles. The first kappa shape index (κ1) is 17.5. The van der Waals surface area contributed by atoms with Gasteiger partial charge in [-0.15, -0.1) is 11.6 Å². The number of amides is 1. The zero-order valence-corrected chi connectivity index (χ0v) is 14.8. The van der Waals surface area contributed by atoms with Crippen molar-refractivity contribution in [3.63, 3.8) is 0 Å². The van der Waals surface area contributed by atoms with Crippen molar-refractivity contribution in [1.29, 1.82) is 0 Å². The van der Waals surface area contributed by atoms with Gasteiger partial charge in [0.25, 0.3) is 0 Å². The van der Waals surface area contributed by atoms with Gasteiger partial charge in [-0.3, -0.25) is 9.69 Å². The second kappa shape index (κ2) is 8.69. The van der Waals surface area contributed by atoms with Crippen LogP contribution in [0.15, 0.2) is 18.2 Å². The van der Waals surface area contributed by atoms with Crippen LogP contribution in [0.25, 0.3) is 0 Å². The van der Waals surface area contributed by atoms with Crippen LogP contribution in [-0.4, -0.2) is 36.2 Å². The number of alkyl halides is 2. The van der Waals surface area contributed by atoms with E-state index in [0.29, 0.717) is 11.4 Å². The predicted molar refractivity (Wildman–Crippen MR) is 90.2 cm³/mol. The number of para-hydroxylation sites is 1. The molecule has 1 aromatic carbocycles. The van der Waals surface area contributed by atoms with Gasteiger partial charge in [-0.25, -0.2) is 0 Å². The summed E-state index contributed by atoms with van der Waals surface area (Å²) in [6.45, 7) is 4.05. The summed E-state index contributed by atoms with van der Waals surface area (Å²) < 4.78 is 11.9. The second-order valence-corrected chi connectivity index (χ2v) is 5.49. The van der Waals surface area contributed by atoms with Crippen molar-refractivity contribution < 1.29 is 14.3 Å². The van der Waals surface area contributed by atoms with E-state index < -0.39 is 0 Å². The van der Waals surface area contributed by atoms with Crippen LogP contribution in [0, 0.1) is 6.92 Å². The van der Waals surface area contributed by atoms with Gasteiger partial charge in [0.05, 0.1) is 18.9 Å². The number of halogens is 2. The quantitative estimate of drug-likeness (QED) is 0.392. The molecule has 6 heteroatoms. The molecule has 0 fully saturated rings. The topological polar surface area (TPSA) is 38.8 Å².